The van der Waals surface area contributed by atoms with Crippen molar-refractivity contribution in [2.45, 2.75) is 63.1 Å². The first kappa shape index (κ1) is 18.5. The van der Waals surface area contributed by atoms with Crippen LogP contribution in [0.3, 0.4) is 0 Å². The van der Waals surface area contributed by atoms with E-state index in [1.54, 1.807) is 0 Å². The number of piperidine rings is 1. The van der Waals surface area contributed by atoms with Crippen LogP contribution in [0.25, 0.3) is 0 Å². The summed E-state index contributed by atoms with van der Waals surface area (Å²) in [6.45, 7) is 0.728. The highest BCUT2D eigenvalue weighted by Gasteiger charge is 2.35. The molecule has 0 unspecified atom stereocenters. The quantitative estimate of drug-likeness (QED) is 0.811. The van der Waals surface area contributed by atoms with E-state index in [2.05, 4.69) is 5.32 Å². The molecule has 4 nitrogen and oxygen atoms in total. The number of rotatable bonds is 5. The Hall–Kier alpha value is -0.820. The summed E-state index contributed by atoms with van der Waals surface area (Å²) in [5.41, 5.74) is 5.46. The number of carbonyl (C=O) groups is 1. The third-order valence-corrected chi connectivity index (χ3v) is 5.15. The van der Waals surface area contributed by atoms with Gasteiger partial charge in [-0.25, -0.2) is 0 Å². The van der Waals surface area contributed by atoms with Gasteiger partial charge >= 0.3 is 6.18 Å². The van der Waals surface area contributed by atoms with Crippen molar-refractivity contribution in [2.75, 3.05) is 26.2 Å². The number of hydrogen-bond donors (Lipinski definition) is 2. The van der Waals surface area contributed by atoms with E-state index in [4.69, 9.17) is 5.73 Å². The molecule has 1 saturated heterocycles. The molecule has 1 saturated carbocycles. The normalized spacial score (nSPS) is 23.7. The fourth-order valence-corrected chi connectivity index (χ4v) is 3.66. The van der Waals surface area contributed by atoms with Gasteiger partial charge in [0.15, 0.2) is 0 Å². The lowest BCUT2D eigenvalue weighted by Crippen LogP contribution is -2.55. The van der Waals surface area contributed by atoms with Gasteiger partial charge < -0.3 is 11.1 Å². The van der Waals surface area contributed by atoms with Crippen molar-refractivity contribution in [3.05, 3.63) is 0 Å². The van der Waals surface area contributed by atoms with E-state index in [-0.39, 0.29) is 5.91 Å². The van der Waals surface area contributed by atoms with Crippen LogP contribution >= 0.6 is 0 Å². The van der Waals surface area contributed by atoms with Crippen molar-refractivity contribution in [3.8, 4) is 0 Å². The monoisotopic (exact) mass is 335 g/mol. The van der Waals surface area contributed by atoms with Gasteiger partial charge in [0.1, 0.15) is 0 Å². The molecule has 0 atom stereocenters. The summed E-state index contributed by atoms with van der Waals surface area (Å²) in [4.78, 5) is 13.7. The summed E-state index contributed by atoms with van der Waals surface area (Å²) in [7, 11) is 0. The minimum absolute atomic E-state index is 0.0632. The molecule has 1 amide bonds. The molecule has 0 bridgehead atoms. The van der Waals surface area contributed by atoms with Gasteiger partial charge in [0.05, 0.1) is 12.1 Å². The molecule has 2 aliphatic rings. The van der Waals surface area contributed by atoms with E-state index in [0.29, 0.717) is 25.6 Å². The van der Waals surface area contributed by atoms with Crippen LogP contribution in [0, 0.1) is 5.92 Å². The molecule has 1 heterocycles. The molecular formula is C16H28F3N3O. The minimum atomic E-state index is -4.11. The van der Waals surface area contributed by atoms with Crippen LogP contribution in [-0.2, 0) is 4.79 Å². The summed E-state index contributed by atoms with van der Waals surface area (Å²) in [5.74, 6) is 0.326. The lowest BCUT2D eigenvalue weighted by molar-refractivity contribution is -0.148. The van der Waals surface area contributed by atoms with Gasteiger partial charge in [-0.15, -0.1) is 0 Å². The number of carbonyl (C=O) groups excluding carboxylic acids is 1. The lowest BCUT2D eigenvalue weighted by atomic mass is 9.82. The molecule has 0 spiro atoms. The first-order valence-corrected chi connectivity index (χ1v) is 8.65. The second-order valence-corrected chi connectivity index (χ2v) is 7.10. The molecule has 134 valence electrons. The van der Waals surface area contributed by atoms with E-state index in [1.807, 2.05) is 0 Å². The molecular weight excluding hydrogens is 307 g/mol. The van der Waals surface area contributed by atoms with E-state index in [9.17, 15) is 18.0 Å². The van der Waals surface area contributed by atoms with Crippen LogP contribution in [0.2, 0.25) is 0 Å². The topological polar surface area (TPSA) is 58.4 Å². The zero-order valence-corrected chi connectivity index (χ0v) is 13.6. The lowest BCUT2D eigenvalue weighted by Gasteiger charge is -2.33. The van der Waals surface area contributed by atoms with Crippen molar-refractivity contribution < 1.29 is 18.0 Å². The number of alkyl halides is 3. The molecule has 0 aromatic rings. The highest BCUT2D eigenvalue weighted by atomic mass is 19.4. The molecule has 0 radical (unpaired) electrons. The van der Waals surface area contributed by atoms with Crippen LogP contribution < -0.4 is 11.1 Å². The fourth-order valence-electron chi connectivity index (χ4n) is 3.66. The molecule has 0 aromatic heterocycles. The van der Waals surface area contributed by atoms with E-state index in [1.165, 1.54) is 4.90 Å². The smallest absolute Gasteiger partial charge is 0.354 e. The first-order chi connectivity index (χ1) is 10.8. The molecule has 23 heavy (non-hydrogen) atoms. The number of nitrogens with zero attached hydrogens (tertiary/aromatic N) is 1. The van der Waals surface area contributed by atoms with Gasteiger partial charge in [0, 0.05) is 6.54 Å². The molecule has 0 aromatic carbocycles. The van der Waals surface area contributed by atoms with E-state index in [0.717, 1.165) is 51.4 Å². The Bertz CT molecular complexity index is 387. The van der Waals surface area contributed by atoms with Crippen molar-refractivity contribution in [1.82, 2.24) is 10.2 Å². The Labute approximate surface area is 136 Å². The zero-order chi connectivity index (χ0) is 16.9. The number of likely N-dealkylation sites (tertiary alicyclic amines) is 1. The highest BCUT2D eigenvalue weighted by Crippen LogP contribution is 2.26. The highest BCUT2D eigenvalue weighted by molar-refractivity contribution is 5.86. The van der Waals surface area contributed by atoms with Gasteiger partial charge in [-0.3, -0.25) is 9.69 Å². The first-order valence-electron chi connectivity index (χ1n) is 8.65. The number of nitrogens with two attached hydrogens (primary N) is 1. The Morgan fingerprint density at radius 3 is 2.35 bits per heavy atom. The second kappa shape index (κ2) is 7.83. The van der Waals surface area contributed by atoms with Gasteiger partial charge in [0.25, 0.3) is 0 Å². The van der Waals surface area contributed by atoms with Gasteiger partial charge in [-0.05, 0) is 51.1 Å². The SMILES string of the molecule is NC1(C(=O)NCCC2CCN(CC(F)(F)F)CC2)CCCCC1. The van der Waals surface area contributed by atoms with Crippen LogP contribution in [0.5, 0.6) is 0 Å². The average molecular weight is 335 g/mol. The largest absolute Gasteiger partial charge is 0.401 e. The van der Waals surface area contributed by atoms with Gasteiger partial charge in [-0.1, -0.05) is 19.3 Å². The van der Waals surface area contributed by atoms with Gasteiger partial charge in [0.2, 0.25) is 5.91 Å². The van der Waals surface area contributed by atoms with Crippen molar-refractivity contribution >= 4 is 5.91 Å². The molecule has 1 aliphatic carbocycles. The standard InChI is InChI=1S/C16H28F3N3O/c17-16(18,19)12-22-10-5-13(6-11-22)4-9-21-14(23)15(20)7-2-1-3-8-15/h13H,1-12,20H2,(H,21,23). The molecule has 7 heteroatoms. The number of amides is 1. The van der Waals surface area contributed by atoms with Crippen LogP contribution in [0.15, 0.2) is 0 Å². The van der Waals surface area contributed by atoms with Crippen molar-refractivity contribution in [3.63, 3.8) is 0 Å². The summed E-state index contributed by atoms with van der Waals surface area (Å²) in [6.07, 6.45) is 2.87. The minimum Gasteiger partial charge on any atom is -0.354 e. The summed E-state index contributed by atoms with van der Waals surface area (Å²) in [5, 5.41) is 2.93. The van der Waals surface area contributed by atoms with E-state index < -0.39 is 18.3 Å². The Morgan fingerprint density at radius 1 is 1.17 bits per heavy atom. The second-order valence-electron chi connectivity index (χ2n) is 7.10. The maximum Gasteiger partial charge on any atom is 0.401 e. The van der Waals surface area contributed by atoms with Crippen LogP contribution in [-0.4, -0.2) is 48.7 Å². The van der Waals surface area contributed by atoms with Gasteiger partial charge in [-0.2, -0.15) is 13.2 Å². The predicted octanol–water partition coefficient (Wildman–Crippen LogP) is 2.43. The maximum absolute atomic E-state index is 12.3. The Balaban J connectivity index is 1.63. The van der Waals surface area contributed by atoms with Crippen LogP contribution in [0.1, 0.15) is 51.4 Å². The molecule has 2 rings (SSSR count). The number of halogens is 3. The number of nitrogens with one attached hydrogen (secondary N) is 1. The zero-order valence-electron chi connectivity index (χ0n) is 13.6. The third kappa shape index (κ3) is 5.95. The summed E-state index contributed by atoms with van der Waals surface area (Å²) >= 11 is 0. The Morgan fingerprint density at radius 2 is 1.78 bits per heavy atom. The summed E-state index contributed by atoms with van der Waals surface area (Å²) < 4.78 is 37.0. The summed E-state index contributed by atoms with van der Waals surface area (Å²) in [6, 6.07) is 0. The number of hydrogen-bond acceptors (Lipinski definition) is 3. The molecule has 2 fully saturated rings. The Kier molecular flexibility index (Phi) is 6.31. The fraction of sp³-hybridized carbons (Fsp3) is 0.938. The average Bonchev–Trinajstić information content (AvgIpc) is 2.48. The van der Waals surface area contributed by atoms with Crippen LogP contribution in [0.4, 0.5) is 13.2 Å². The van der Waals surface area contributed by atoms with E-state index >= 15 is 0 Å². The third-order valence-electron chi connectivity index (χ3n) is 5.15. The maximum atomic E-state index is 12.3. The molecule has 3 N–H and O–H groups in total. The predicted molar refractivity (Wildman–Crippen MR) is 82.8 cm³/mol. The van der Waals surface area contributed by atoms with Crippen molar-refractivity contribution in [2.24, 2.45) is 11.7 Å². The molecule has 1 aliphatic heterocycles. The van der Waals surface area contributed by atoms with Crippen molar-refractivity contribution in [1.29, 1.82) is 0 Å².